The van der Waals surface area contributed by atoms with Crippen molar-refractivity contribution in [2.75, 3.05) is 34.0 Å². The fraction of sp³-hybridized carbons (Fsp3) is 0.360. The normalized spacial score (nSPS) is 17.7. The third-order valence-corrected chi connectivity index (χ3v) is 5.53. The van der Waals surface area contributed by atoms with E-state index in [0.29, 0.717) is 29.2 Å². The molecule has 170 valence electrons. The van der Waals surface area contributed by atoms with Gasteiger partial charge in [-0.1, -0.05) is 23.8 Å². The van der Waals surface area contributed by atoms with Gasteiger partial charge in [-0.3, -0.25) is 9.59 Å². The van der Waals surface area contributed by atoms with Gasteiger partial charge in [-0.15, -0.1) is 0 Å². The van der Waals surface area contributed by atoms with Crippen LogP contribution < -0.4 is 9.47 Å². The van der Waals surface area contributed by atoms with E-state index in [2.05, 4.69) is 0 Å². The van der Waals surface area contributed by atoms with Crippen molar-refractivity contribution in [2.24, 2.45) is 0 Å². The number of amides is 1. The number of benzene rings is 2. The number of hydrogen-bond acceptors (Lipinski definition) is 6. The molecule has 1 aliphatic rings. The molecular formula is C25H29NO6. The lowest BCUT2D eigenvalue weighted by molar-refractivity contribution is -0.140. The van der Waals surface area contributed by atoms with Crippen LogP contribution in [0.4, 0.5) is 0 Å². The lowest BCUT2D eigenvalue weighted by Crippen LogP contribution is -2.32. The molecule has 2 aromatic carbocycles. The number of likely N-dealkylation sites (tertiary alicyclic amines) is 1. The summed E-state index contributed by atoms with van der Waals surface area (Å²) >= 11 is 0. The molecule has 1 saturated heterocycles. The molecule has 1 fully saturated rings. The van der Waals surface area contributed by atoms with Crippen molar-refractivity contribution in [1.82, 2.24) is 4.90 Å². The minimum absolute atomic E-state index is 0.0485. The standard InChI is InChI=1S/C25H29NO6/c1-6-32-20-14-17(9-10-19(20)31-5)22-21(24(28)25(29)26(22)11-12-30-4)23(27)18-13-15(2)7-8-16(18)3/h7-10,13-14,22,27H,6,11-12H2,1-5H3/b23-21+. The van der Waals surface area contributed by atoms with Gasteiger partial charge in [-0.2, -0.15) is 0 Å². The first-order chi connectivity index (χ1) is 15.3. The predicted octanol–water partition coefficient (Wildman–Crippen LogP) is 3.78. The van der Waals surface area contributed by atoms with E-state index in [1.54, 1.807) is 25.3 Å². The quantitative estimate of drug-likeness (QED) is 0.383. The summed E-state index contributed by atoms with van der Waals surface area (Å²) in [5.74, 6) is -0.551. The van der Waals surface area contributed by atoms with E-state index in [9.17, 15) is 14.7 Å². The zero-order valence-electron chi connectivity index (χ0n) is 19.1. The number of carbonyl (C=O) groups excluding carboxylic acids is 2. The number of aliphatic hydroxyl groups is 1. The molecule has 0 radical (unpaired) electrons. The Bertz CT molecular complexity index is 1060. The third kappa shape index (κ3) is 4.34. The third-order valence-electron chi connectivity index (χ3n) is 5.53. The maximum Gasteiger partial charge on any atom is 0.295 e. The highest BCUT2D eigenvalue weighted by atomic mass is 16.5. The van der Waals surface area contributed by atoms with Gasteiger partial charge in [-0.05, 0) is 50.1 Å². The summed E-state index contributed by atoms with van der Waals surface area (Å²) in [6.07, 6.45) is 0. The van der Waals surface area contributed by atoms with Crippen molar-refractivity contribution in [3.05, 3.63) is 64.2 Å². The largest absolute Gasteiger partial charge is 0.507 e. The molecule has 2 aromatic rings. The summed E-state index contributed by atoms with van der Waals surface area (Å²) in [5.41, 5.74) is 2.95. The van der Waals surface area contributed by atoms with E-state index in [0.717, 1.165) is 11.1 Å². The molecule has 1 N–H and O–H groups in total. The summed E-state index contributed by atoms with van der Waals surface area (Å²) in [4.78, 5) is 27.5. The minimum Gasteiger partial charge on any atom is -0.507 e. The second-order valence-corrected chi connectivity index (χ2v) is 7.65. The molecule has 1 heterocycles. The molecule has 0 aliphatic carbocycles. The highest BCUT2D eigenvalue weighted by Gasteiger charge is 2.46. The number of ketones is 1. The number of ether oxygens (including phenoxy) is 3. The van der Waals surface area contributed by atoms with Crippen molar-refractivity contribution in [1.29, 1.82) is 0 Å². The van der Waals surface area contributed by atoms with Crippen LogP contribution in [0.5, 0.6) is 11.5 Å². The van der Waals surface area contributed by atoms with Gasteiger partial charge in [0.25, 0.3) is 11.7 Å². The van der Waals surface area contributed by atoms with E-state index in [1.807, 2.05) is 39.0 Å². The van der Waals surface area contributed by atoms with Gasteiger partial charge in [0.2, 0.25) is 0 Å². The number of aliphatic hydroxyl groups excluding tert-OH is 1. The molecule has 0 bridgehead atoms. The first-order valence-electron chi connectivity index (χ1n) is 10.5. The van der Waals surface area contributed by atoms with Crippen LogP contribution in [0.25, 0.3) is 5.76 Å². The van der Waals surface area contributed by atoms with Crippen LogP contribution in [0.15, 0.2) is 42.0 Å². The Labute approximate surface area is 188 Å². The summed E-state index contributed by atoms with van der Waals surface area (Å²) in [7, 11) is 3.07. The second kappa shape index (κ2) is 9.87. The molecule has 1 atom stereocenters. The van der Waals surface area contributed by atoms with E-state index < -0.39 is 17.7 Å². The molecule has 7 nitrogen and oxygen atoms in total. The van der Waals surface area contributed by atoms with E-state index in [-0.39, 0.29) is 24.5 Å². The summed E-state index contributed by atoms with van der Waals surface area (Å²) in [6.45, 7) is 6.49. The van der Waals surface area contributed by atoms with Gasteiger partial charge in [0.05, 0.1) is 31.9 Å². The molecule has 0 saturated carbocycles. The van der Waals surface area contributed by atoms with E-state index >= 15 is 0 Å². The van der Waals surface area contributed by atoms with Gasteiger partial charge in [0.1, 0.15) is 5.76 Å². The maximum absolute atomic E-state index is 13.1. The van der Waals surface area contributed by atoms with Crippen molar-refractivity contribution in [2.45, 2.75) is 26.8 Å². The molecule has 0 spiro atoms. The SMILES string of the molecule is CCOc1cc(C2/C(=C(\O)c3cc(C)ccc3C)C(=O)C(=O)N2CCOC)ccc1OC. The molecule has 0 aromatic heterocycles. The van der Waals surface area contributed by atoms with Gasteiger partial charge in [0.15, 0.2) is 11.5 Å². The second-order valence-electron chi connectivity index (χ2n) is 7.65. The van der Waals surface area contributed by atoms with Gasteiger partial charge >= 0.3 is 0 Å². The van der Waals surface area contributed by atoms with Gasteiger partial charge < -0.3 is 24.2 Å². The number of methoxy groups -OCH3 is 2. The summed E-state index contributed by atoms with van der Waals surface area (Å²) in [6, 6.07) is 10.1. The van der Waals surface area contributed by atoms with E-state index in [1.165, 1.54) is 12.0 Å². The highest BCUT2D eigenvalue weighted by Crippen LogP contribution is 2.42. The van der Waals surface area contributed by atoms with Crippen LogP contribution in [0.3, 0.4) is 0 Å². The fourth-order valence-corrected chi connectivity index (χ4v) is 3.91. The summed E-state index contributed by atoms with van der Waals surface area (Å²) < 4.78 is 16.2. The van der Waals surface area contributed by atoms with Crippen LogP contribution in [0.1, 0.15) is 35.2 Å². The number of aryl methyl sites for hydroxylation is 2. The Morgan fingerprint density at radius 1 is 1.06 bits per heavy atom. The number of Topliss-reactive ketones (excluding diaryl/α,β-unsaturated/α-hetero) is 1. The molecule has 7 heteroatoms. The molecule has 32 heavy (non-hydrogen) atoms. The first kappa shape index (κ1) is 23.3. The Kier molecular flexibility index (Phi) is 7.20. The number of hydrogen-bond donors (Lipinski definition) is 1. The van der Waals surface area contributed by atoms with Gasteiger partial charge in [-0.25, -0.2) is 0 Å². The van der Waals surface area contributed by atoms with Crippen LogP contribution >= 0.6 is 0 Å². The smallest absolute Gasteiger partial charge is 0.295 e. The van der Waals surface area contributed by atoms with Crippen LogP contribution in [-0.4, -0.2) is 55.7 Å². The topological polar surface area (TPSA) is 85.3 Å². The van der Waals surface area contributed by atoms with Crippen LogP contribution in [0, 0.1) is 13.8 Å². The number of nitrogens with zero attached hydrogens (tertiary/aromatic N) is 1. The fourth-order valence-electron chi connectivity index (χ4n) is 3.91. The average molecular weight is 440 g/mol. The Hall–Kier alpha value is -3.32. The lowest BCUT2D eigenvalue weighted by atomic mass is 9.93. The van der Waals surface area contributed by atoms with Gasteiger partial charge in [0, 0.05) is 19.2 Å². The zero-order valence-corrected chi connectivity index (χ0v) is 19.1. The highest BCUT2D eigenvalue weighted by molar-refractivity contribution is 6.46. The number of rotatable bonds is 8. The number of carbonyl (C=O) groups is 2. The van der Waals surface area contributed by atoms with Crippen LogP contribution in [-0.2, 0) is 14.3 Å². The average Bonchev–Trinajstić information content (AvgIpc) is 3.03. The Balaban J connectivity index is 2.23. The predicted molar refractivity (Wildman–Crippen MR) is 121 cm³/mol. The zero-order chi connectivity index (χ0) is 23.4. The molecular weight excluding hydrogens is 410 g/mol. The monoisotopic (exact) mass is 439 g/mol. The van der Waals surface area contributed by atoms with Crippen molar-refractivity contribution < 1.29 is 28.9 Å². The first-order valence-corrected chi connectivity index (χ1v) is 10.5. The Morgan fingerprint density at radius 2 is 1.81 bits per heavy atom. The molecule has 1 amide bonds. The molecule has 1 aliphatic heterocycles. The minimum atomic E-state index is -0.782. The Morgan fingerprint density at radius 3 is 2.47 bits per heavy atom. The van der Waals surface area contributed by atoms with Crippen molar-refractivity contribution >= 4 is 17.4 Å². The molecule has 1 unspecified atom stereocenters. The van der Waals surface area contributed by atoms with Crippen molar-refractivity contribution in [3.8, 4) is 11.5 Å². The van der Waals surface area contributed by atoms with E-state index in [4.69, 9.17) is 14.2 Å². The van der Waals surface area contributed by atoms with Crippen LogP contribution in [0.2, 0.25) is 0 Å². The maximum atomic E-state index is 13.1. The van der Waals surface area contributed by atoms with Crippen molar-refractivity contribution in [3.63, 3.8) is 0 Å². The molecule has 3 rings (SSSR count). The lowest BCUT2D eigenvalue weighted by Gasteiger charge is -2.26. The summed E-state index contributed by atoms with van der Waals surface area (Å²) in [5, 5.41) is 11.3.